The third kappa shape index (κ3) is 2.70. The van der Waals surface area contributed by atoms with E-state index >= 15 is 0 Å². The number of nitrogens with zero attached hydrogens (tertiary/aromatic N) is 1. The fraction of sp³-hybridized carbons (Fsp3) is 0.500. The van der Waals surface area contributed by atoms with Crippen LogP contribution in [0.25, 0.3) is 0 Å². The molecule has 1 aliphatic heterocycles. The van der Waals surface area contributed by atoms with Crippen molar-refractivity contribution in [1.82, 2.24) is 4.31 Å². The van der Waals surface area contributed by atoms with Gasteiger partial charge in [-0.2, -0.15) is 4.31 Å². The van der Waals surface area contributed by atoms with E-state index in [0.29, 0.717) is 30.5 Å². The summed E-state index contributed by atoms with van der Waals surface area (Å²) in [6, 6.07) is 4.63. The van der Waals surface area contributed by atoms with Gasteiger partial charge in [0.1, 0.15) is 9.88 Å². The minimum absolute atomic E-state index is 0.143. The van der Waals surface area contributed by atoms with E-state index in [-0.39, 0.29) is 14.9 Å². The summed E-state index contributed by atoms with van der Waals surface area (Å²) in [5.41, 5.74) is 6.12. The van der Waals surface area contributed by atoms with Gasteiger partial charge in [0.05, 0.1) is 5.02 Å². The van der Waals surface area contributed by atoms with Crippen LogP contribution in [0, 0.1) is 11.8 Å². The smallest absolute Gasteiger partial charge is 0.244 e. The lowest BCUT2D eigenvalue weighted by Gasteiger charge is -2.18. The number of benzene rings is 1. The topological polar surface area (TPSA) is 63.4 Å². The van der Waals surface area contributed by atoms with Crippen molar-refractivity contribution in [2.75, 3.05) is 13.1 Å². The summed E-state index contributed by atoms with van der Waals surface area (Å²) in [4.78, 5) is 0.348. The molecule has 21 heavy (non-hydrogen) atoms. The molecule has 1 saturated carbocycles. The van der Waals surface area contributed by atoms with Crippen molar-refractivity contribution >= 4 is 38.8 Å². The molecule has 1 aliphatic carbocycles. The van der Waals surface area contributed by atoms with E-state index in [2.05, 4.69) is 0 Å². The minimum atomic E-state index is -3.54. The first-order valence-electron chi connectivity index (χ1n) is 6.99. The zero-order valence-corrected chi connectivity index (χ0v) is 13.8. The summed E-state index contributed by atoms with van der Waals surface area (Å²) in [5.74, 6) is 1.02. The zero-order valence-electron chi connectivity index (χ0n) is 11.5. The van der Waals surface area contributed by atoms with E-state index in [1.54, 1.807) is 10.4 Å². The van der Waals surface area contributed by atoms with Gasteiger partial charge >= 0.3 is 0 Å². The van der Waals surface area contributed by atoms with E-state index in [4.69, 9.17) is 29.6 Å². The Bertz CT molecular complexity index is 678. The maximum absolute atomic E-state index is 12.7. The first kappa shape index (κ1) is 15.2. The molecule has 7 heteroatoms. The SMILES string of the molecule is NC(=S)c1ccc(S(=O)(=O)N2CC3CCCC3C2)c(Cl)c1. The molecule has 0 amide bonds. The van der Waals surface area contributed by atoms with E-state index in [0.717, 1.165) is 12.8 Å². The number of thiocarbonyl (C=S) groups is 1. The number of sulfonamides is 1. The Kier molecular flexibility index (Phi) is 3.98. The van der Waals surface area contributed by atoms with Crippen molar-refractivity contribution in [3.8, 4) is 0 Å². The monoisotopic (exact) mass is 344 g/mol. The standard InChI is InChI=1S/C14H17ClN2O2S2/c15-12-6-9(14(16)20)4-5-13(12)21(18,19)17-7-10-2-1-3-11(10)8-17/h4-6,10-11H,1-3,7-8H2,(H2,16,20). The van der Waals surface area contributed by atoms with Gasteiger partial charge in [0, 0.05) is 18.7 Å². The van der Waals surface area contributed by atoms with Crippen molar-refractivity contribution in [1.29, 1.82) is 0 Å². The molecule has 2 N–H and O–H groups in total. The molecule has 2 aliphatic rings. The Morgan fingerprint density at radius 2 is 1.90 bits per heavy atom. The van der Waals surface area contributed by atoms with Crippen molar-refractivity contribution in [2.45, 2.75) is 24.2 Å². The second-order valence-corrected chi connectivity index (χ2v) is 8.54. The van der Waals surface area contributed by atoms with Crippen LogP contribution >= 0.6 is 23.8 Å². The highest BCUT2D eigenvalue weighted by Gasteiger charge is 2.41. The number of halogens is 1. The lowest BCUT2D eigenvalue weighted by molar-refractivity contribution is 0.445. The number of nitrogens with two attached hydrogens (primary N) is 1. The number of hydrogen-bond acceptors (Lipinski definition) is 3. The van der Waals surface area contributed by atoms with Crippen LogP contribution in [0.15, 0.2) is 23.1 Å². The van der Waals surface area contributed by atoms with Crippen molar-refractivity contribution in [3.63, 3.8) is 0 Å². The van der Waals surface area contributed by atoms with Crippen molar-refractivity contribution in [3.05, 3.63) is 28.8 Å². The largest absolute Gasteiger partial charge is 0.389 e. The van der Waals surface area contributed by atoms with Crippen LogP contribution in [0.3, 0.4) is 0 Å². The Morgan fingerprint density at radius 3 is 2.43 bits per heavy atom. The summed E-state index contributed by atoms with van der Waals surface area (Å²) in [6.45, 7) is 1.22. The van der Waals surface area contributed by atoms with Crippen molar-refractivity contribution < 1.29 is 8.42 Å². The zero-order chi connectivity index (χ0) is 15.2. The fourth-order valence-electron chi connectivity index (χ4n) is 3.39. The van der Waals surface area contributed by atoms with Gasteiger partial charge in [-0.05, 0) is 36.8 Å². The van der Waals surface area contributed by atoms with E-state index in [1.165, 1.54) is 18.6 Å². The van der Waals surface area contributed by atoms with E-state index in [1.807, 2.05) is 0 Å². The molecule has 3 rings (SSSR count). The molecular weight excluding hydrogens is 328 g/mol. The van der Waals surface area contributed by atoms with Crippen LogP contribution in [-0.4, -0.2) is 30.8 Å². The molecule has 4 nitrogen and oxygen atoms in total. The molecule has 0 spiro atoms. The van der Waals surface area contributed by atoms with E-state index in [9.17, 15) is 8.42 Å². The highest BCUT2D eigenvalue weighted by atomic mass is 35.5. The van der Waals surface area contributed by atoms with Crippen molar-refractivity contribution in [2.24, 2.45) is 17.6 Å². The summed E-state index contributed by atoms with van der Waals surface area (Å²) in [7, 11) is -3.54. The van der Waals surface area contributed by atoms with Gasteiger partial charge in [0.25, 0.3) is 0 Å². The average molecular weight is 345 g/mol. The Balaban J connectivity index is 1.90. The molecule has 0 bridgehead atoms. The van der Waals surface area contributed by atoms with Crippen LogP contribution in [0.4, 0.5) is 0 Å². The first-order chi connectivity index (χ1) is 9.89. The van der Waals surface area contributed by atoms with Gasteiger partial charge in [-0.3, -0.25) is 0 Å². The number of rotatable bonds is 3. The summed E-state index contributed by atoms with van der Waals surface area (Å²) < 4.78 is 27.1. The number of fused-ring (bicyclic) bond motifs is 1. The predicted molar refractivity (Wildman–Crippen MR) is 86.9 cm³/mol. The first-order valence-corrected chi connectivity index (χ1v) is 9.21. The van der Waals surface area contributed by atoms with Crippen LogP contribution in [0.1, 0.15) is 24.8 Å². The quantitative estimate of drug-likeness (QED) is 0.855. The molecule has 0 radical (unpaired) electrons. The third-order valence-corrected chi connectivity index (χ3v) is 7.08. The molecular formula is C14H17ClN2O2S2. The maximum Gasteiger partial charge on any atom is 0.244 e. The molecule has 0 aromatic heterocycles. The highest BCUT2D eigenvalue weighted by Crippen LogP contribution is 2.40. The van der Waals surface area contributed by atoms with Gasteiger partial charge in [-0.15, -0.1) is 0 Å². The lowest BCUT2D eigenvalue weighted by Crippen LogP contribution is -2.30. The van der Waals surface area contributed by atoms with Crippen LogP contribution in [0.2, 0.25) is 5.02 Å². The Labute approximate surface area is 135 Å². The molecule has 1 aromatic carbocycles. The molecule has 2 fully saturated rings. The Morgan fingerprint density at radius 1 is 1.29 bits per heavy atom. The molecule has 1 saturated heterocycles. The number of hydrogen-bond donors (Lipinski definition) is 1. The highest BCUT2D eigenvalue weighted by molar-refractivity contribution is 7.89. The third-order valence-electron chi connectivity index (χ3n) is 4.53. The fourth-order valence-corrected chi connectivity index (χ4v) is 5.59. The van der Waals surface area contributed by atoms with Gasteiger partial charge in [0.2, 0.25) is 10.0 Å². The minimum Gasteiger partial charge on any atom is -0.389 e. The predicted octanol–water partition coefficient (Wildman–Crippen LogP) is 2.39. The lowest BCUT2D eigenvalue weighted by atomic mass is 10.0. The summed E-state index contributed by atoms with van der Waals surface area (Å²) >= 11 is 11.0. The molecule has 114 valence electrons. The summed E-state index contributed by atoms with van der Waals surface area (Å²) in [6.07, 6.45) is 3.47. The molecule has 2 atom stereocenters. The van der Waals surface area contributed by atoms with Gasteiger partial charge in [0.15, 0.2) is 0 Å². The van der Waals surface area contributed by atoms with Gasteiger partial charge in [-0.25, -0.2) is 8.42 Å². The molecule has 2 unspecified atom stereocenters. The van der Waals surface area contributed by atoms with Gasteiger partial charge in [-0.1, -0.05) is 36.3 Å². The second-order valence-electron chi connectivity index (χ2n) is 5.78. The van der Waals surface area contributed by atoms with Gasteiger partial charge < -0.3 is 5.73 Å². The maximum atomic E-state index is 12.7. The van der Waals surface area contributed by atoms with Crippen LogP contribution in [0.5, 0.6) is 0 Å². The van der Waals surface area contributed by atoms with Crippen LogP contribution in [-0.2, 0) is 10.0 Å². The average Bonchev–Trinajstić information content (AvgIpc) is 2.98. The van der Waals surface area contributed by atoms with Crippen LogP contribution < -0.4 is 5.73 Å². The normalized spacial score (nSPS) is 26.0. The summed E-state index contributed by atoms with van der Waals surface area (Å²) in [5, 5.41) is 0.178. The molecule has 1 heterocycles. The Hall–Kier alpha value is -0.690. The molecule has 1 aromatic rings. The van der Waals surface area contributed by atoms with E-state index < -0.39 is 10.0 Å². The second kappa shape index (κ2) is 5.50.